The molecule has 8 heteroatoms. The normalized spacial score (nSPS) is 22.2. The van der Waals surface area contributed by atoms with Gasteiger partial charge >= 0.3 is 6.03 Å². The number of amides is 2. The fraction of sp³-hybridized carbons (Fsp3) is 0.600. The molecular weight excluding hydrogens is 394 g/mol. The maximum Gasteiger partial charge on any atom is 0.343 e. The first-order chi connectivity index (χ1) is 13.3. The molecule has 6 nitrogen and oxygen atoms in total. The number of methoxy groups -OCH3 is 1. The van der Waals surface area contributed by atoms with Crippen molar-refractivity contribution in [1.29, 1.82) is 0 Å². The lowest BCUT2D eigenvalue weighted by molar-refractivity contribution is -0.121. The summed E-state index contributed by atoms with van der Waals surface area (Å²) >= 11 is 7.09. The van der Waals surface area contributed by atoms with E-state index in [1.165, 1.54) is 18.2 Å². The maximum absolute atomic E-state index is 12.8. The van der Waals surface area contributed by atoms with Gasteiger partial charge in [-0.05, 0) is 32.8 Å². The number of nitrogens with zero attached hydrogens (tertiary/aromatic N) is 2. The fourth-order valence-electron chi connectivity index (χ4n) is 4.00. The second kappa shape index (κ2) is 8.88. The van der Waals surface area contributed by atoms with E-state index in [2.05, 4.69) is 5.32 Å². The van der Waals surface area contributed by atoms with Gasteiger partial charge in [0.1, 0.15) is 16.2 Å². The van der Waals surface area contributed by atoms with Crippen LogP contribution in [0.1, 0.15) is 51.5 Å². The van der Waals surface area contributed by atoms with Crippen LogP contribution in [-0.2, 0) is 6.54 Å². The summed E-state index contributed by atoms with van der Waals surface area (Å²) in [5.74, 6) is 0.759. The molecule has 3 rings (SSSR count). The Morgan fingerprint density at radius 1 is 1.36 bits per heavy atom. The second-order valence-corrected chi connectivity index (χ2v) is 10.2. The summed E-state index contributed by atoms with van der Waals surface area (Å²) in [7, 11) is 1.63. The van der Waals surface area contributed by atoms with E-state index in [4.69, 9.17) is 17.0 Å². The van der Waals surface area contributed by atoms with Crippen molar-refractivity contribution in [1.82, 2.24) is 15.3 Å². The Morgan fingerprint density at radius 2 is 2.04 bits per heavy atom. The fourth-order valence-corrected chi connectivity index (χ4v) is 5.88. The Hall–Kier alpha value is -1.51. The van der Waals surface area contributed by atoms with Crippen LogP contribution in [0, 0.1) is 0 Å². The van der Waals surface area contributed by atoms with E-state index in [-0.39, 0.29) is 6.04 Å². The van der Waals surface area contributed by atoms with Crippen LogP contribution in [0.15, 0.2) is 24.3 Å². The molecule has 1 saturated carbocycles. The average molecular weight is 424 g/mol. The first-order valence-corrected chi connectivity index (χ1v) is 11.0. The summed E-state index contributed by atoms with van der Waals surface area (Å²) in [6, 6.07) is 7.39. The Balaban J connectivity index is 1.78. The molecule has 1 aliphatic carbocycles. The van der Waals surface area contributed by atoms with Gasteiger partial charge in [0.2, 0.25) is 0 Å². The van der Waals surface area contributed by atoms with Crippen molar-refractivity contribution in [2.24, 2.45) is 0 Å². The first kappa shape index (κ1) is 21.2. The number of hydrogen-bond donors (Lipinski definition) is 2. The summed E-state index contributed by atoms with van der Waals surface area (Å²) in [6.07, 6.45) is 4.80. The molecule has 2 N–H and O–H groups in total. The van der Waals surface area contributed by atoms with Gasteiger partial charge in [-0.2, -0.15) is 5.06 Å². The molecule has 0 unspecified atom stereocenters. The quantitative estimate of drug-likeness (QED) is 0.417. The number of ether oxygens (including phenoxy) is 1. The molecule has 1 aliphatic heterocycles. The minimum atomic E-state index is -0.571. The Labute approximate surface area is 176 Å². The Bertz CT molecular complexity index is 722. The third kappa shape index (κ3) is 4.55. The number of thiocarbonyl (C=S) groups is 1. The Morgan fingerprint density at radius 3 is 2.71 bits per heavy atom. The highest BCUT2D eigenvalue weighted by Crippen LogP contribution is 2.43. The maximum atomic E-state index is 12.8. The summed E-state index contributed by atoms with van der Waals surface area (Å²) in [4.78, 5) is 14.7. The van der Waals surface area contributed by atoms with Gasteiger partial charge in [-0.15, -0.1) is 0 Å². The number of carbonyl (C=O) groups excluding carboxylic acids is 1. The average Bonchev–Trinajstić information content (AvgIpc) is 2.90. The largest absolute Gasteiger partial charge is 0.496 e. The topological polar surface area (TPSA) is 65.0 Å². The van der Waals surface area contributed by atoms with E-state index in [9.17, 15) is 10.0 Å². The zero-order valence-corrected chi connectivity index (χ0v) is 18.3. The van der Waals surface area contributed by atoms with E-state index >= 15 is 0 Å². The highest BCUT2D eigenvalue weighted by atomic mass is 32.2. The molecule has 28 heavy (non-hydrogen) atoms. The molecule has 0 spiro atoms. The third-order valence-electron chi connectivity index (χ3n) is 5.41. The molecule has 0 bridgehead atoms. The molecule has 1 aromatic rings. The number of thioether (sulfide) groups is 1. The molecular formula is C20H29N3O3S2. The van der Waals surface area contributed by atoms with Crippen molar-refractivity contribution >= 4 is 34.3 Å². The van der Waals surface area contributed by atoms with Crippen LogP contribution >= 0.6 is 24.0 Å². The van der Waals surface area contributed by atoms with Gasteiger partial charge in [-0.1, -0.05) is 61.4 Å². The number of carbonyl (C=O) groups is 1. The first-order valence-electron chi connectivity index (χ1n) is 9.73. The summed E-state index contributed by atoms with van der Waals surface area (Å²) in [5.41, 5.74) is 0.955. The molecule has 1 aromatic carbocycles. The molecule has 1 heterocycles. The SMILES string of the molecule is COc1ccccc1CN1C(=S)SC(C)(C)[C@H]1N(O)C(=O)NC1CCCCC1. The van der Waals surface area contributed by atoms with Crippen LogP contribution in [0.2, 0.25) is 0 Å². The van der Waals surface area contributed by atoms with Gasteiger partial charge in [0, 0.05) is 11.6 Å². The number of benzene rings is 1. The number of rotatable bonds is 5. The lowest BCUT2D eigenvalue weighted by Crippen LogP contribution is -2.57. The number of hydrogen-bond acceptors (Lipinski definition) is 5. The van der Waals surface area contributed by atoms with Crippen molar-refractivity contribution in [3.8, 4) is 5.75 Å². The number of hydroxylamine groups is 2. The summed E-state index contributed by atoms with van der Waals surface area (Å²) in [5, 5.41) is 14.7. The van der Waals surface area contributed by atoms with Gasteiger partial charge in [-0.3, -0.25) is 5.21 Å². The van der Waals surface area contributed by atoms with E-state index < -0.39 is 16.9 Å². The van der Waals surface area contributed by atoms with Crippen molar-refractivity contribution in [2.45, 2.75) is 69.5 Å². The van der Waals surface area contributed by atoms with Crippen LogP contribution in [0.4, 0.5) is 4.79 Å². The molecule has 2 aliphatic rings. The van der Waals surface area contributed by atoms with E-state index in [0.29, 0.717) is 10.9 Å². The van der Waals surface area contributed by atoms with Crippen LogP contribution in [0.5, 0.6) is 5.75 Å². The van der Waals surface area contributed by atoms with Crippen LogP contribution in [-0.4, -0.2) is 49.6 Å². The van der Waals surface area contributed by atoms with Gasteiger partial charge in [0.25, 0.3) is 0 Å². The van der Waals surface area contributed by atoms with Gasteiger partial charge < -0.3 is 15.0 Å². The summed E-state index contributed by atoms with van der Waals surface area (Å²) < 4.78 is 5.67. The van der Waals surface area contributed by atoms with E-state index in [1.807, 2.05) is 43.0 Å². The number of urea groups is 1. The zero-order valence-electron chi connectivity index (χ0n) is 16.7. The van der Waals surface area contributed by atoms with Crippen LogP contribution in [0.25, 0.3) is 0 Å². The van der Waals surface area contributed by atoms with E-state index in [1.54, 1.807) is 7.11 Å². The predicted octanol–water partition coefficient (Wildman–Crippen LogP) is 4.37. The minimum absolute atomic E-state index is 0.127. The molecule has 154 valence electrons. The molecule has 0 aromatic heterocycles. The van der Waals surface area contributed by atoms with Crippen molar-refractivity contribution in [3.63, 3.8) is 0 Å². The Kier molecular flexibility index (Phi) is 6.73. The second-order valence-electron chi connectivity index (χ2n) is 7.91. The molecule has 2 amide bonds. The zero-order chi connectivity index (χ0) is 20.3. The predicted molar refractivity (Wildman–Crippen MR) is 116 cm³/mol. The van der Waals surface area contributed by atoms with Gasteiger partial charge in [0.15, 0.2) is 0 Å². The molecule has 1 atom stereocenters. The number of para-hydroxylation sites is 1. The van der Waals surface area contributed by atoms with Gasteiger partial charge in [-0.25, -0.2) is 4.79 Å². The van der Waals surface area contributed by atoms with Crippen molar-refractivity contribution in [2.75, 3.05) is 7.11 Å². The van der Waals surface area contributed by atoms with Crippen molar-refractivity contribution < 1.29 is 14.7 Å². The lowest BCUT2D eigenvalue weighted by Gasteiger charge is -2.38. The highest BCUT2D eigenvalue weighted by Gasteiger charge is 2.49. The van der Waals surface area contributed by atoms with Crippen LogP contribution in [0.3, 0.4) is 0 Å². The minimum Gasteiger partial charge on any atom is -0.496 e. The third-order valence-corrected chi connectivity index (χ3v) is 7.04. The molecule has 2 fully saturated rings. The van der Waals surface area contributed by atoms with Crippen molar-refractivity contribution in [3.05, 3.63) is 29.8 Å². The standard InChI is InChI=1S/C20H29N3O3S2/c1-20(2)17(23(25)18(24)21-15-10-5-4-6-11-15)22(19(27)28-20)13-14-9-7-8-12-16(14)26-3/h7-9,12,15,17,25H,4-6,10-11,13H2,1-3H3,(H,21,24)/t17-/m1/s1. The lowest BCUT2D eigenvalue weighted by atomic mass is 9.96. The molecule has 0 radical (unpaired) electrons. The highest BCUT2D eigenvalue weighted by molar-refractivity contribution is 8.24. The van der Waals surface area contributed by atoms with Gasteiger partial charge in [0.05, 0.1) is 18.4 Å². The monoisotopic (exact) mass is 423 g/mol. The smallest absolute Gasteiger partial charge is 0.343 e. The number of nitrogens with one attached hydrogen (secondary N) is 1. The van der Waals surface area contributed by atoms with E-state index in [0.717, 1.165) is 42.1 Å². The summed E-state index contributed by atoms with van der Waals surface area (Å²) in [6.45, 7) is 4.44. The van der Waals surface area contributed by atoms with Crippen LogP contribution < -0.4 is 10.1 Å². The molecule has 1 saturated heterocycles.